The number of nitrogens with zero attached hydrogens (tertiary/aromatic N) is 3. The van der Waals surface area contributed by atoms with Crippen LogP contribution in [0, 0.1) is 13.8 Å². The summed E-state index contributed by atoms with van der Waals surface area (Å²) in [5, 5.41) is 11.9. The molecule has 3 rings (SSSR count). The fourth-order valence-corrected chi connectivity index (χ4v) is 3.26. The number of nitrogens with one attached hydrogen (secondary N) is 1. The molecule has 2 aromatic carbocycles. The lowest BCUT2D eigenvalue weighted by Gasteiger charge is -2.09. The zero-order chi connectivity index (χ0) is 19.2. The lowest BCUT2D eigenvalue weighted by Crippen LogP contribution is -2.15. The van der Waals surface area contributed by atoms with Gasteiger partial charge in [0.25, 0.3) is 0 Å². The Morgan fingerprint density at radius 1 is 1.15 bits per heavy atom. The molecule has 0 spiro atoms. The van der Waals surface area contributed by atoms with Crippen LogP contribution in [-0.2, 0) is 18.4 Å². The highest BCUT2D eigenvalue weighted by molar-refractivity contribution is 7.99. The molecular weight excluding hydrogens is 360 g/mol. The molecule has 0 aliphatic heterocycles. The van der Waals surface area contributed by atoms with Crippen LogP contribution in [-0.4, -0.2) is 26.4 Å². The third kappa shape index (κ3) is 5.10. The van der Waals surface area contributed by atoms with Crippen molar-refractivity contribution in [3.63, 3.8) is 0 Å². The fraction of sp³-hybridized carbons (Fsp3) is 0.250. The van der Waals surface area contributed by atoms with Gasteiger partial charge >= 0.3 is 0 Å². The SMILES string of the molecule is Cc1ccc(NC(=O)CSc2nnc(COc3ccccc3)n2C)c(C)c1. The zero-order valence-electron chi connectivity index (χ0n) is 15.6. The van der Waals surface area contributed by atoms with Gasteiger partial charge in [0.1, 0.15) is 12.4 Å². The van der Waals surface area contributed by atoms with Gasteiger partial charge in [0.2, 0.25) is 5.91 Å². The van der Waals surface area contributed by atoms with E-state index in [9.17, 15) is 4.79 Å². The first kappa shape index (κ1) is 19.0. The van der Waals surface area contributed by atoms with Crippen molar-refractivity contribution in [2.45, 2.75) is 25.6 Å². The molecule has 0 unspecified atom stereocenters. The van der Waals surface area contributed by atoms with Gasteiger partial charge in [-0.1, -0.05) is 47.7 Å². The van der Waals surface area contributed by atoms with E-state index in [-0.39, 0.29) is 11.7 Å². The van der Waals surface area contributed by atoms with E-state index >= 15 is 0 Å². The topological polar surface area (TPSA) is 69.0 Å². The Balaban J connectivity index is 1.53. The lowest BCUT2D eigenvalue weighted by atomic mass is 10.1. The van der Waals surface area contributed by atoms with Crippen molar-refractivity contribution in [1.29, 1.82) is 0 Å². The van der Waals surface area contributed by atoms with Gasteiger partial charge in [-0.15, -0.1) is 10.2 Å². The normalized spacial score (nSPS) is 10.6. The molecule has 0 atom stereocenters. The molecule has 140 valence electrons. The van der Waals surface area contributed by atoms with Crippen LogP contribution >= 0.6 is 11.8 Å². The number of anilines is 1. The maximum absolute atomic E-state index is 12.2. The molecule has 0 saturated heterocycles. The number of para-hydroxylation sites is 1. The third-order valence-electron chi connectivity index (χ3n) is 4.02. The Kier molecular flexibility index (Phi) is 6.13. The van der Waals surface area contributed by atoms with E-state index in [0.717, 1.165) is 17.0 Å². The second-order valence-electron chi connectivity index (χ2n) is 6.21. The molecule has 1 N–H and O–H groups in total. The number of aryl methyl sites for hydroxylation is 2. The Hall–Kier alpha value is -2.80. The summed E-state index contributed by atoms with van der Waals surface area (Å²) in [4.78, 5) is 12.2. The summed E-state index contributed by atoms with van der Waals surface area (Å²) in [6.07, 6.45) is 0. The number of aromatic nitrogens is 3. The molecule has 0 bridgehead atoms. The van der Waals surface area contributed by atoms with Gasteiger partial charge in [-0.05, 0) is 37.6 Å². The van der Waals surface area contributed by atoms with E-state index in [1.165, 1.54) is 17.3 Å². The quantitative estimate of drug-likeness (QED) is 0.631. The lowest BCUT2D eigenvalue weighted by molar-refractivity contribution is -0.113. The molecule has 1 amide bonds. The predicted molar refractivity (Wildman–Crippen MR) is 107 cm³/mol. The maximum Gasteiger partial charge on any atom is 0.234 e. The number of hydrogen-bond donors (Lipinski definition) is 1. The van der Waals surface area contributed by atoms with E-state index in [0.29, 0.717) is 17.6 Å². The van der Waals surface area contributed by atoms with Gasteiger partial charge in [-0.25, -0.2) is 0 Å². The predicted octanol–water partition coefficient (Wildman–Crippen LogP) is 3.74. The standard InChI is InChI=1S/C20H22N4O2S/c1-14-9-10-17(15(2)11-14)21-19(25)13-27-20-23-22-18(24(20)3)12-26-16-7-5-4-6-8-16/h4-11H,12-13H2,1-3H3,(H,21,25). The molecule has 6 nitrogen and oxygen atoms in total. The summed E-state index contributed by atoms with van der Waals surface area (Å²) in [5.74, 6) is 1.68. The van der Waals surface area contributed by atoms with E-state index in [1.807, 2.05) is 74.0 Å². The van der Waals surface area contributed by atoms with E-state index in [4.69, 9.17) is 4.74 Å². The first-order valence-electron chi connectivity index (χ1n) is 8.59. The molecule has 3 aromatic rings. The zero-order valence-corrected chi connectivity index (χ0v) is 16.4. The molecule has 7 heteroatoms. The highest BCUT2D eigenvalue weighted by Gasteiger charge is 2.12. The summed E-state index contributed by atoms with van der Waals surface area (Å²) in [7, 11) is 1.87. The third-order valence-corrected chi connectivity index (χ3v) is 5.04. The molecule has 0 radical (unpaired) electrons. The second kappa shape index (κ2) is 8.73. The van der Waals surface area contributed by atoms with Crippen LogP contribution in [0.5, 0.6) is 5.75 Å². The average Bonchev–Trinajstić information content (AvgIpc) is 3.01. The van der Waals surface area contributed by atoms with Crippen molar-refractivity contribution in [3.05, 3.63) is 65.5 Å². The van der Waals surface area contributed by atoms with Crippen LogP contribution in [0.1, 0.15) is 17.0 Å². The minimum atomic E-state index is -0.0722. The summed E-state index contributed by atoms with van der Waals surface area (Å²) in [6.45, 7) is 4.34. The van der Waals surface area contributed by atoms with Crippen molar-refractivity contribution in [3.8, 4) is 5.75 Å². The molecule has 0 saturated carbocycles. The smallest absolute Gasteiger partial charge is 0.234 e. The van der Waals surface area contributed by atoms with Crippen LogP contribution in [0.3, 0.4) is 0 Å². The van der Waals surface area contributed by atoms with Gasteiger partial charge in [-0.3, -0.25) is 4.79 Å². The summed E-state index contributed by atoms with van der Waals surface area (Å²) >= 11 is 1.35. The minimum absolute atomic E-state index is 0.0722. The fourth-order valence-electron chi connectivity index (χ4n) is 2.53. The van der Waals surface area contributed by atoms with Crippen LogP contribution < -0.4 is 10.1 Å². The van der Waals surface area contributed by atoms with Crippen LogP contribution in [0.4, 0.5) is 5.69 Å². The van der Waals surface area contributed by atoms with Gasteiger partial charge in [0.15, 0.2) is 11.0 Å². The maximum atomic E-state index is 12.2. The number of hydrogen-bond acceptors (Lipinski definition) is 5. The Morgan fingerprint density at radius 2 is 1.93 bits per heavy atom. The number of amides is 1. The van der Waals surface area contributed by atoms with E-state index in [2.05, 4.69) is 15.5 Å². The van der Waals surface area contributed by atoms with Gasteiger partial charge in [0.05, 0.1) is 5.75 Å². The van der Waals surface area contributed by atoms with Gasteiger partial charge in [0, 0.05) is 12.7 Å². The number of carbonyl (C=O) groups is 1. The highest BCUT2D eigenvalue weighted by atomic mass is 32.2. The van der Waals surface area contributed by atoms with Crippen molar-refractivity contribution in [2.75, 3.05) is 11.1 Å². The number of ether oxygens (including phenoxy) is 1. The average molecular weight is 382 g/mol. The van der Waals surface area contributed by atoms with E-state index in [1.54, 1.807) is 0 Å². The first-order valence-corrected chi connectivity index (χ1v) is 9.57. The summed E-state index contributed by atoms with van der Waals surface area (Å²) in [5.41, 5.74) is 3.05. The van der Waals surface area contributed by atoms with E-state index < -0.39 is 0 Å². The van der Waals surface area contributed by atoms with Crippen molar-refractivity contribution in [2.24, 2.45) is 7.05 Å². The number of thioether (sulfide) groups is 1. The first-order chi connectivity index (χ1) is 13.0. The van der Waals surface area contributed by atoms with Crippen LogP contribution in [0.25, 0.3) is 0 Å². The number of rotatable bonds is 7. The molecule has 0 aliphatic carbocycles. The largest absolute Gasteiger partial charge is 0.486 e. The minimum Gasteiger partial charge on any atom is -0.486 e. The highest BCUT2D eigenvalue weighted by Crippen LogP contribution is 2.19. The van der Waals surface area contributed by atoms with Crippen molar-refractivity contribution < 1.29 is 9.53 Å². The molecule has 1 aromatic heterocycles. The van der Waals surface area contributed by atoms with Crippen LogP contribution in [0.15, 0.2) is 53.7 Å². The van der Waals surface area contributed by atoms with Gasteiger partial charge < -0.3 is 14.6 Å². The molecule has 0 fully saturated rings. The number of benzene rings is 2. The molecule has 27 heavy (non-hydrogen) atoms. The van der Waals surface area contributed by atoms with Crippen LogP contribution in [0.2, 0.25) is 0 Å². The Labute approximate surface area is 163 Å². The van der Waals surface area contributed by atoms with Crippen molar-refractivity contribution >= 4 is 23.4 Å². The molecular formula is C20H22N4O2S. The molecule has 0 aliphatic rings. The molecule has 1 heterocycles. The van der Waals surface area contributed by atoms with Crippen molar-refractivity contribution in [1.82, 2.24) is 14.8 Å². The second-order valence-corrected chi connectivity index (χ2v) is 7.16. The Bertz CT molecular complexity index is 925. The van der Waals surface area contributed by atoms with Gasteiger partial charge in [-0.2, -0.15) is 0 Å². The Morgan fingerprint density at radius 3 is 2.67 bits per heavy atom. The number of carbonyl (C=O) groups excluding carboxylic acids is 1. The summed E-state index contributed by atoms with van der Waals surface area (Å²) < 4.78 is 7.55. The summed E-state index contributed by atoms with van der Waals surface area (Å²) in [6, 6.07) is 15.5. The monoisotopic (exact) mass is 382 g/mol.